The molecule has 148 valence electrons. The molecular formula is C20H24N4O4. The molecule has 0 bridgehead atoms. The van der Waals surface area contributed by atoms with Gasteiger partial charge in [0.2, 0.25) is 5.91 Å². The molecule has 8 heteroatoms. The number of piperidine rings is 1. The van der Waals surface area contributed by atoms with E-state index in [2.05, 4.69) is 10.5 Å². The number of benzene rings is 1. The van der Waals surface area contributed by atoms with Gasteiger partial charge in [-0.25, -0.2) is 0 Å². The van der Waals surface area contributed by atoms with Crippen LogP contribution in [0.1, 0.15) is 23.2 Å². The minimum absolute atomic E-state index is 0.0914. The van der Waals surface area contributed by atoms with Crippen molar-refractivity contribution >= 4 is 17.6 Å². The van der Waals surface area contributed by atoms with Crippen LogP contribution in [0, 0.1) is 0 Å². The van der Waals surface area contributed by atoms with Crippen molar-refractivity contribution < 1.29 is 18.8 Å². The number of carbonyl (C=O) groups is 2. The van der Waals surface area contributed by atoms with E-state index in [1.54, 1.807) is 11.9 Å². The van der Waals surface area contributed by atoms with Gasteiger partial charge in [0.15, 0.2) is 11.6 Å². The Balaban J connectivity index is 1.63. The molecular weight excluding hydrogens is 360 g/mol. The first-order valence-corrected chi connectivity index (χ1v) is 9.56. The highest BCUT2D eigenvalue weighted by Crippen LogP contribution is 2.32. The summed E-state index contributed by atoms with van der Waals surface area (Å²) in [6.07, 6.45) is 1.07. The first-order valence-electron chi connectivity index (χ1n) is 9.56. The summed E-state index contributed by atoms with van der Waals surface area (Å²) in [6, 6.07) is 9.41. The maximum Gasteiger partial charge on any atom is 0.259 e. The van der Waals surface area contributed by atoms with Gasteiger partial charge in [0.25, 0.3) is 5.91 Å². The molecule has 3 heterocycles. The number of amides is 2. The molecule has 1 unspecified atom stereocenters. The summed E-state index contributed by atoms with van der Waals surface area (Å²) in [5.74, 6) is 0.878. The second kappa shape index (κ2) is 8.02. The molecule has 1 atom stereocenters. The van der Waals surface area contributed by atoms with Gasteiger partial charge in [-0.3, -0.25) is 9.59 Å². The molecule has 0 saturated carbocycles. The minimum atomic E-state index is -0.227. The highest BCUT2D eigenvalue weighted by molar-refractivity contribution is 6.04. The highest BCUT2D eigenvalue weighted by atomic mass is 16.5. The summed E-state index contributed by atoms with van der Waals surface area (Å²) in [7, 11) is 1.76. The Labute approximate surface area is 163 Å². The fraction of sp³-hybridized carbons (Fsp3) is 0.450. The van der Waals surface area contributed by atoms with Crippen molar-refractivity contribution in [2.75, 3.05) is 44.8 Å². The maximum atomic E-state index is 13.2. The van der Waals surface area contributed by atoms with E-state index in [9.17, 15) is 9.59 Å². The molecule has 0 radical (unpaired) electrons. The summed E-state index contributed by atoms with van der Waals surface area (Å²) in [5, 5.41) is 7.30. The second-order valence-corrected chi connectivity index (χ2v) is 7.16. The number of likely N-dealkylation sites (tertiary alicyclic amines) is 1. The Morgan fingerprint density at radius 1 is 1.21 bits per heavy atom. The number of nitrogens with one attached hydrogen (secondary N) is 1. The minimum Gasteiger partial charge on any atom is -0.378 e. The predicted molar refractivity (Wildman–Crippen MR) is 103 cm³/mol. The lowest BCUT2D eigenvalue weighted by molar-refractivity contribution is -0.132. The molecule has 8 nitrogen and oxygen atoms in total. The largest absolute Gasteiger partial charge is 0.378 e. The van der Waals surface area contributed by atoms with Crippen molar-refractivity contribution in [2.24, 2.45) is 0 Å². The number of ether oxygens (including phenoxy) is 1. The van der Waals surface area contributed by atoms with E-state index in [1.165, 1.54) is 0 Å². The molecule has 28 heavy (non-hydrogen) atoms. The van der Waals surface area contributed by atoms with Crippen LogP contribution in [0.5, 0.6) is 0 Å². The molecule has 0 aliphatic carbocycles. The molecule has 4 rings (SSSR count). The zero-order chi connectivity index (χ0) is 19.5. The van der Waals surface area contributed by atoms with E-state index in [0.29, 0.717) is 62.8 Å². The van der Waals surface area contributed by atoms with E-state index in [4.69, 9.17) is 9.26 Å². The van der Waals surface area contributed by atoms with Gasteiger partial charge in [-0.05, 0) is 6.42 Å². The molecule has 2 aromatic rings. The Kier molecular flexibility index (Phi) is 5.29. The number of carbonyl (C=O) groups excluding carboxylic acids is 2. The van der Waals surface area contributed by atoms with Crippen molar-refractivity contribution in [1.82, 2.24) is 15.4 Å². The number of hydrogen-bond donors (Lipinski definition) is 1. The van der Waals surface area contributed by atoms with E-state index in [0.717, 1.165) is 5.56 Å². The first kappa shape index (κ1) is 18.5. The van der Waals surface area contributed by atoms with Crippen molar-refractivity contribution in [3.05, 3.63) is 35.9 Å². The van der Waals surface area contributed by atoms with Gasteiger partial charge in [-0.15, -0.1) is 0 Å². The van der Waals surface area contributed by atoms with Gasteiger partial charge in [0.1, 0.15) is 5.56 Å². The number of likely N-dealkylation sites (N-methyl/N-ethyl adjacent to an activating group) is 1. The van der Waals surface area contributed by atoms with Gasteiger partial charge in [0.05, 0.1) is 13.2 Å². The van der Waals surface area contributed by atoms with Crippen LogP contribution in [0.15, 0.2) is 34.9 Å². The molecule has 2 aliphatic rings. The van der Waals surface area contributed by atoms with E-state index in [-0.39, 0.29) is 17.9 Å². The lowest BCUT2D eigenvalue weighted by Crippen LogP contribution is -2.48. The number of aromatic nitrogens is 1. The van der Waals surface area contributed by atoms with Gasteiger partial charge in [-0.2, -0.15) is 0 Å². The van der Waals surface area contributed by atoms with Crippen LogP contribution in [0.4, 0.5) is 5.82 Å². The smallest absolute Gasteiger partial charge is 0.259 e. The van der Waals surface area contributed by atoms with Gasteiger partial charge in [-0.1, -0.05) is 35.5 Å². The normalized spacial score (nSPS) is 20.3. The van der Waals surface area contributed by atoms with Crippen molar-refractivity contribution in [2.45, 2.75) is 18.9 Å². The Hall–Kier alpha value is -2.87. The number of anilines is 1. The predicted octanol–water partition coefficient (Wildman–Crippen LogP) is 1.53. The van der Waals surface area contributed by atoms with Crippen molar-refractivity contribution in [3.63, 3.8) is 0 Å². The Bertz CT molecular complexity index is 845. The number of morpholine rings is 1. The first-order chi connectivity index (χ1) is 13.6. The van der Waals surface area contributed by atoms with Gasteiger partial charge < -0.3 is 24.4 Å². The maximum absolute atomic E-state index is 13.2. The van der Waals surface area contributed by atoms with Crippen LogP contribution in [-0.4, -0.2) is 67.8 Å². The summed E-state index contributed by atoms with van der Waals surface area (Å²) < 4.78 is 11.0. The van der Waals surface area contributed by atoms with Crippen LogP contribution in [0.2, 0.25) is 0 Å². The molecule has 0 spiro atoms. The molecule has 1 N–H and O–H groups in total. The fourth-order valence-electron chi connectivity index (χ4n) is 3.65. The highest BCUT2D eigenvalue weighted by Gasteiger charge is 2.31. The van der Waals surface area contributed by atoms with E-state index >= 15 is 0 Å². The summed E-state index contributed by atoms with van der Waals surface area (Å²) >= 11 is 0. The third-order valence-electron chi connectivity index (χ3n) is 5.21. The molecule has 2 fully saturated rings. The molecule has 1 aromatic carbocycles. The average Bonchev–Trinajstić information content (AvgIpc) is 3.17. The van der Waals surface area contributed by atoms with Crippen molar-refractivity contribution in [3.8, 4) is 11.3 Å². The van der Waals surface area contributed by atoms with Crippen LogP contribution < -0.4 is 10.2 Å². The van der Waals surface area contributed by atoms with Gasteiger partial charge in [0, 0.05) is 44.7 Å². The quantitative estimate of drug-likeness (QED) is 0.860. The third-order valence-corrected chi connectivity index (χ3v) is 5.21. The average molecular weight is 384 g/mol. The summed E-state index contributed by atoms with van der Waals surface area (Å²) in [6.45, 7) is 2.99. The molecule has 2 saturated heterocycles. The van der Waals surface area contributed by atoms with E-state index < -0.39 is 0 Å². The standard InChI is InChI=1S/C20H24N4O4/c1-23-13-15(7-8-16(23)25)21-20(26)17-18(14-5-3-2-4-6-14)28-22-19(17)24-9-11-27-12-10-24/h2-6,15H,7-13H2,1H3,(H,21,26). The van der Waals surface area contributed by atoms with Crippen molar-refractivity contribution in [1.29, 1.82) is 0 Å². The number of hydrogen-bond acceptors (Lipinski definition) is 6. The number of nitrogens with zero attached hydrogens (tertiary/aromatic N) is 3. The van der Waals surface area contributed by atoms with Crippen LogP contribution in [0.25, 0.3) is 11.3 Å². The van der Waals surface area contributed by atoms with Crippen LogP contribution in [-0.2, 0) is 9.53 Å². The molecule has 1 aromatic heterocycles. The SMILES string of the molecule is CN1CC(NC(=O)c2c(N3CCOCC3)noc2-c2ccccc2)CCC1=O. The zero-order valence-corrected chi connectivity index (χ0v) is 15.9. The monoisotopic (exact) mass is 384 g/mol. The summed E-state index contributed by atoms with van der Waals surface area (Å²) in [5.41, 5.74) is 1.24. The summed E-state index contributed by atoms with van der Waals surface area (Å²) in [4.78, 5) is 28.6. The second-order valence-electron chi connectivity index (χ2n) is 7.16. The molecule has 2 aliphatic heterocycles. The van der Waals surface area contributed by atoms with E-state index in [1.807, 2.05) is 35.2 Å². The fourth-order valence-corrected chi connectivity index (χ4v) is 3.65. The van der Waals surface area contributed by atoms with Crippen LogP contribution in [0.3, 0.4) is 0 Å². The lowest BCUT2D eigenvalue weighted by atomic mass is 10.0. The molecule has 2 amide bonds. The lowest BCUT2D eigenvalue weighted by Gasteiger charge is -2.30. The zero-order valence-electron chi connectivity index (χ0n) is 15.9. The van der Waals surface area contributed by atoms with Crippen LogP contribution >= 0.6 is 0 Å². The Morgan fingerprint density at radius 3 is 2.68 bits per heavy atom. The topological polar surface area (TPSA) is 87.9 Å². The van der Waals surface area contributed by atoms with Gasteiger partial charge >= 0.3 is 0 Å². The Morgan fingerprint density at radius 2 is 1.96 bits per heavy atom. The third kappa shape index (κ3) is 3.73. The number of rotatable bonds is 4.